The normalized spacial score (nSPS) is 11.4. The van der Waals surface area contributed by atoms with Crippen molar-refractivity contribution in [1.29, 1.82) is 0 Å². The molecule has 2 rings (SSSR count). The highest BCUT2D eigenvalue weighted by molar-refractivity contribution is 5.58. The van der Waals surface area contributed by atoms with E-state index in [0.29, 0.717) is 6.04 Å². The van der Waals surface area contributed by atoms with Crippen LogP contribution in [-0.2, 0) is 13.5 Å². The Labute approximate surface area is 107 Å². The highest BCUT2D eigenvalue weighted by Crippen LogP contribution is 2.23. The summed E-state index contributed by atoms with van der Waals surface area (Å²) in [5.41, 5.74) is 2.09. The molecule has 0 spiro atoms. The van der Waals surface area contributed by atoms with E-state index in [1.54, 1.807) is 6.20 Å². The van der Waals surface area contributed by atoms with Crippen molar-refractivity contribution >= 4 is 0 Å². The van der Waals surface area contributed by atoms with E-state index >= 15 is 0 Å². The van der Waals surface area contributed by atoms with Gasteiger partial charge < -0.3 is 9.73 Å². The predicted molar refractivity (Wildman–Crippen MR) is 70.3 cm³/mol. The Morgan fingerprint density at radius 2 is 2.17 bits per heavy atom. The molecule has 0 aromatic carbocycles. The maximum absolute atomic E-state index is 5.74. The summed E-state index contributed by atoms with van der Waals surface area (Å²) in [5.74, 6) is 1.56. The fraction of sp³-hybridized carbons (Fsp3) is 0.538. The second-order valence-corrected chi connectivity index (χ2v) is 4.74. The van der Waals surface area contributed by atoms with Crippen LogP contribution in [0.25, 0.3) is 11.3 Å². The number of nitrogens with zero attached hydrogens (tertiary/aromatic N) is 3. The SMILES string of the molecule is Cc1c(-c2cnc(CCNC(C)C)o2)cnn1C. The van der Waals surface area contributed by atoms with E-state index in [2.05, 4.69) is 29.2 Å². The van der Waals surface area contributed by atoms with Gasteiger partial charge in [0.05, 0.1) is 18.0 Å². The van der Waals surface area contributed by atoms with E-state index in [1.165, 1.54) is 0 Å². The maximum Gasteiger partial charge on any atom is 0.196 e. The molecule has 0 radical (unpaired) electrons. The molecule has 0 saturated carbocycles. The average Bonchev–Trinajstić information content (AvgIpc) is 2.88. The molecule has 0 fully saturated rings. The second-order valence-electron chi connectivity index (χ2n) is 4.74. The summed E-state index contributed by atoms with van der Waals surface area (Å²) in [6, 6.07) is 0.486. The Kier molecular flexibility index (Phi) is 3.81. The fourth-order valence-corrected chi connectivity index (χ4v) is 1.76. The molecular weight excluding hydrogens is 228 g/mol. The van der Waals surface area contributed by atoms with Gasteiger partial charge in [-0.15, -0.1) is 0 Å². The van der Waals surface area contributed by atoms with Crippen LogP contribution in [0.5, 0.6) is 0 Å². The lowest BCUT2D eigenvalue weighted by molar-refractivity contribution is 0.484. The van der Waals surface area contributed by atoms with Gasteiger partial charge in [-0.05, 0) is 6.92 Å². The maximum atomic E-state index is 5.74. The first-order valence-corrected chi connectivity index (χ1v) is 6.25. The number of aromatic nitrogens is 3. The van der Waals surface area contributed by atoms with E-state index in [0.717, 1.165) is 35.9 Å². The molecule has 0 amide bonds. The number of nitrogens with one attached hydrogen (secondary N) is 1. The van der Waals surface area contributed by atoms with E-state index in [4.69, 9.17) is 4.42 Å². The quantitative estimate of drug-likeness (QED) is 0.878. The van der Waals surface area contributed by atoms with Crippen LogP contribution in [0.2, 0.25) is 0 Å². The summed E-state index contributed by atoms with van der Waals surface area (Å²) in [7, 11) is 1.92. The molecule has 18 heavy (non-hydrogen) atoms. The van der Waals surface area contributed by atoms with Gasteiger partial charge in [0.2, 0.25) is 0 Å². The molecule has 0 aliphatic heterocycles. The molecule has 98 valence electrons. The van der Waals surface area contributed by atoms with Gasteiger partial charge in [0.15, 0.2) is 11.7 Å². The van der Waals surface area contributed by atoms with E-state index in [1.807, 2.05) is 24.9 Å². The molecule has 2 heterocycles. The Morgan fingerprint density at radius 1 is 1.39 bits per heavy atom. The summed E-state index contributed by atoms with van der Waals surface area (Å²) in [6.07, 6.45) is 4.39. The van der Waals surface area contributed by atoms with E-state index in [-0.39, 0.29) is 0 Å². The molecule has 1 N–H and O–H groups in total. The van der Waals surface area contributed by atoms with Gasteiger partial charge in [-0.3, -0.25) is 4.68 Å². The van der Waals surface area contributed by atoms with Crippen molar-refractivity contribution in [2.24, 2.45) is 7.05 Å². The molecule has 0 saturated heterocycles. The lowest BCUT2D eigenvalue weighted by atomic mass is 10.2. The van der Waals surface area contributed by atoms with Crippen molar-refractivity contribution in [2.75, 3.05) is 6.54 Å². The number of rotatable bonds is 5. The molecule has 0 unspecified atom stereocenters. The molecule has 0 bridgehead atoms. The van der Waals surface area contributed by atoms with Crippen LogP contribution in [-0.4, -0.2) is 27.4 Å². The van der Waals surface area contributed by atoms with Crippen LogP contribution in [0.15, 0.2) is 16.8 Å². The molecule has 0 atom stereocenters. The standard InChI is InChI=1S/C13H20N4O/c1-9(2)14-6-5-13-15-8-12(18-13)11-7-16-17(4)10(11)3/h7-9,14H,5-6H2,1-4H3. The first kappa shape index (κ1) is 12.8. The Morgan fingerprint density at radius 3 is 2.78 bits per heavy atom. The third kappa shape index (κ3) is 2.79. The highest BCUT2D eigenvalue weighted by Gasteiger charge is 2.11. The third-order valence-electron chi connectivity index (χ3n) is 2.95. The van der Waals surface area contributed by atoms with Gasteiger partial charge in [0.1, 0.15) is 0 Å². The molecule has 5 heteroatoms. The van der Waals surface area contributed by atoms with Gasteiger partial charge >= 0.3 is 0 Å². The third-order valence-corrected chi connectivity index (χ3v) is 2.95. The van der Waals surface area contributed by atoms with Crippen molar-refractivity contribution in [3.63, 3.8) is 0 Å². The fourth-order valence-electron chi connectivity index (χ4n) is 1.76. The predicted octanol–water partition coefficient (Wildman–Crippen LogP) is 1.92. The van der Waals surface area contributed by atoms with Crippen molar-refractivity contribution in [3.05, 3.63) is 24.0 Å². The number of aryl methyl sites for hydroxylation is 1. The topological polar surface area (TPSA) is 55.9 Å². The lowest BCUT2D eigenvalue weighted by Gasteiger charge is -2.05. The van der Waals surface area contributed by atoms with Gasteiger partial charge in [0.25, 0.3) is 0 Å². The summed E-state index contributed by atoms with van der Waals surface area (Å²) < 4.78 is 7.57. The average molecular weight is 248 g/mol. The summed E-state index contributed by atoms with van der Waals surface area (Å²) in [6.45, 7) is 7.15. The summed E-state index contributed by atoms with van der Waals surface area (Å²) >= 11 is 0. The Balaban J connectivity index is 2.04. The zero-order valence-corrected chi connectivity index (χ0v) is 11.4. The molecule has 5 nitrogen and oxygen atoms in total. The molecular formula is C13H20N4O. The Bertz CT molecular complexity index is 513. The van der Waals surface area contributed by atoms with Gasteiger partial charge in [-0.25, -0.2) is 4.98 Å². The number of hydrogen-bond acceptors (Lipinski definition) is 4. The van der Waals surface area contributed by atoms with E-state index < -0.39 is 0 Å². The Hall–Kier alpha value is -1.62. The van der Waals surface area contributed by atoms with Crippen LogP contribution >= 0.6 is 0 Å². The molecule has 2 aromatic heterocycles. The molecule has 2 aromatic rings. The minimum absolute atomic E-state index is 0.486. The van der Waals surface area contributed by atoms with Gasteiger partial charge in [-0.2, -0.15) is 5.10 Å². The van der Waals surface area contributed by atoms with Crippen LogP contribution in [0.4, 0.5) is 0 Å². The number of hydrogen-bond donors (Lipinski definition) is 1. The molecule has 0 aliphatic rings. The minimum Gasteiger partial charge on any atom is -0.441 e. The van der Waals surface area contributed by atoms with Gasteiger partial charge in [0, 0.05) is 31.7 Å². The summed E-state index contributed by atoms with van der Waals surface area (Å²) in [5, 5.41) is 7.55. The van der Waals surface area contributed by atoms with Crippen LogP contribution < -0.4 is 5.32 Å². The largest absolute Gasteiger partial charge is 0.441 e. The minimum atomic E-state index is 0.486. The summed E-state index contributed by atoms with van der Waals surface area (Å²) in [4.78, 5) is 4.30. The van der Waals surface area contributed by atoms with Crippen molar-refractivity contribution in [2.45, 2.75) is 33.2 Å². The van der Waals surface area contributed by atoms with E-state index in [9.17, 15) is 0 Å². The zero-order valence-electron chi connectivity index (χ0n) is 11.4. The van der Waals surface area contributed by atoms with Crippen LogP contribution in [0.3, 0.4) is 0 Å². The number of oxazole rings is 1. The zero-order chi connectivity index (χ0) is 13.1. The van der Waals surface area contributed by atoms with Crippen molar-refractivity contribution < 1.29 is 4.42 Å². The van der Waals surface area contributed by atoms with Crippen LogP contribution in [0.1, 0.15) is 25.4 Å². The van der Waals surface area contributed by atoms with Crippen molar-refractivity contribution in [1.82, 2.24) is 20.1 Å². The first-order chi connectivity index (χ1) is 8.58. The smallest absolute Gasteiger partial charge is 0.196 e. The monoisotopic (exact) mass is 248 g/mol. The second kappa shape index (κ2) is 5.35. The molecule has 0 aliphatic carbocycles. The first-order valence-electron chi connectivity index (χ1n) is 6.25. The van der Waals surface area contributed by atoms with Crippen LogP contribution in [0, 0.1) is 6.92 Å². The van der Waals surface area contributed by atoms with Crippen molar-refractivity contribution in [3.8, 4) is 11.3 Å². The highest BCUT2D eigenvalue weighted by atomic mass is 16.4. The van der Waals surface area contributed by atoms with Gasteiger partial charge in [-0.1, -0.05) is 13.8 Å². The lowest BCUT2D eigenvalue weighted by Crippen LogP contribution is -2.24.